The first-order chi connectivity index (χ1) is 8.28. The largest absolute Gasteiger partial charge is 0.330 e. The van der Waals surface area contributed by atoms with Crippen molar-refractivity contribution in [3.63, 3.8) is 0 Å². The Labute approximate surface area is 112 Å². The molecule has 0 spiro atoms. The van der Waals surface area contributed by atoms with Gasteiger partial charge in [-0.3, -0.25) is 14.3 Å². The molecule has 0 radical (unpaired) electrons. The van der Waals surface area contributed by atoms with Crippen LogP contribution < -0.4 is 11.2 Å². The normalized spacial score (nSPS) is 12.2. The van der Waals surface area contributed by atoms with Crippen molar-refractivity contribution in [2.75, 3.05) is 0 Å². The lowest BCUT2D eigenvalue weighted by atomic mass is 9.94. The Balaban J connectivity index is 3.71. The Hall–Kier alpha value is -1.03. The molecule has 18 heavy (non-hydrogen) atoms. The van der Waals surface area contributed by atoms with Gasteiger partial charge >= 0.3 is 5.69 Å². The van der Waals surface area contributed by atoms with E-state index in [0.29, 0.717) is 18.4 Å². The summed E-state index contributed by atoms with van der Waals surface area (Å²) in [7, 11) is 0. The fraction of sp³-hybridized carbons (Fsp3) is 0.692. The Morgan fingerprint density at radius 3 is 2.17 bits per heavy atom. The highest BCUT2D eigenvalue weighted by Gasteiger charge is 2.28. The first-order valence-corrected chi connectivity index (χ1v) is 6.71. The molecule has 0 amide bonds. The summed E-state index contributed by atoms with van der Waals surface area (Å²) in [5.74, 6) is -0.0222. The zero-order valence-electron chi connectivity index (χ0n) is 11.6. The Morgan fingerprint density at radius 2 is 1.78 bits per heavy atom. The van der Waals surface area contributed by atoms with Crippen molar-refractivity contribution >= 4 is 11.6 Å². The van der Waals surface area contributed by atoms with E-state index in [0.717, 1.165) is 0 Å². The average molecular weight is 273 g/mol. The van der Waals surface area contributed by atoms with Crippen LogP contribution in [-0.2, 0) is 5.54 Å². The lowest BCUT2D eigenvalue weighted by Gasteiger charge is -2.29. The third-order valence-corrected chi connectivity index (χ3v) is 4.03. The van der Waals surface area contributed by atoms with Crippen LogP contribution in [0.3, 0.4) is 0 Å². The molecule has 0 saturated carbocycles. The maximum Gasteiger partial charge on any atom is 0.330 e. The van der Waals surface area contributed by atoms with Crippen LogP contribution in [0.4, 0.5) is 0 Å². The van der Waals surface area contributed by atoms with E-state index in [4.69, 9.17) is 11.6 Å². The average Bonchev–Trinajstić information content (AvgIpc) is 2.27. The van der Waals surface area contributed by atoms with Crippen molar-refractivity contribution in [3.8, 4) is 0 Å². The van der Waals surface area contributed by atoms with E-state index < -0.39 is 11.2 Å². The van der Waals surface area contributed by atoms with Crippen molar-refractivity contribution in [2.24, 2.45) is 0 Å². The summed E-state index contributed by atoms with van der Waals surface area (Å²) >= 11 is 5.97. The van der Waals surface area contributed by atoms with Crippen molar-refractivity contribution in [1.29, 1.82) is 0 Å². The van der Waals surface area contributed by atoms with Gasteiger partial charge in [0.15, 0.2) is 0 Å². The molecule has 0 saturated heterocycles. The van der Waals surface area contributed by atoms with Gasteiger partial charge < -0.3 is 0 Å². The molecule has 5 heteroatoms. The second kappa shape index (κ2) is 5.31. The summed E-state index contributed by atoms with van der Waals surface area (Å²) < 4.78 is 1.31. The lowest BCUT2D eigenvalue weighted by molar-refractivity contribution is 0.271. The first-order valence-electron chi connectivity index (χ1n) is 6.33. The van der Waals surface area contributed by atoms with E-state index in [2.05, 4.69) is 4.98 Å². The van der Waals surface area contributed by atoms with E-state index in [1.807, 2.05) is 34.6 Å². The van der Waals surface area contributed by atoms with Crippen LogP contribution in [0.15, 0.2) is 9.59 Å². The molecule has 0 aromatic carbocycles. The third kappa shape index (κ3) is 2.39. The molecular weight excluding hydrogens is 252 g/mol. The number of aromatic nitrogens is 2. The zero-order valence-corrected chi connectivity index (χ0v) is 12.4. The highest BCUT2D eigenvalue weighted by atomic mass is 35.5. The molecule has 1 aromatic heterocycles. The molecule has 0 atom stereocenters. The number of H-pyrrole nitrogens is 1. The Morgan fingerprint density at radius 1 is 1.28 bits per heavy atom. The van der Waals surface area contributed by atoms with Gasteiger partial charge in [0.25, 0.3) is 5.56 Å². The number of hydrogen-bond acceptors (Lipinski definition) is 2. The van der Waals surface area contributed by atoms with Crippen molar-refractivity contribution in [3.05, 3.63) is 31.6 Å². The van der Waals surface area contributed by atoms with E-state index in [9.17, 15) is 9.59 Å². The topological polar surface area (TPSA) is 54.9 Å². The number of hydrogen-bond donors (Lipinski definition) is 1. The number of rotatable bonds is 4. The summed E-state index contributed by atoms with van der Waals surface area (Å²) in [6, 6.07) is 0. The Bertz CT molecular complexity index is 539. The molecule has 4 nitrogen and oxygen atoms in total. The highest BCUT2D eigenvalue weighted by Crippen LogP contribution is 2.23. The monoisotopic (exact) mass is 272 g/mol. The lowest BCUT2D eigenvalue weighted by Crippen LogP contribution is -2.48. The fourth-order valence-electron chi connectivity index (χ4n) is 2.08. The van der Waals surface area contributed by atoms with Crippen LogP contribution in [-0.4, -0.2) is 9.55 Å². The van der Waals surface area contributed by atoms with E-state index in [1.54, 1.807) is 0 Å². The second-order valence-electron chi connectivity index (χ2n) is 5.16. The van der Waals surface area contributed by atoms with Crippen LogP contribution in [0.25, 0.3) is 0 Å². The van der Waals surface area contributed by atoms with Gasteiger partial charge in [-0.25, -0.2) is 4.79 Å². The molecule has 0 aliphatic rings. The van der Waals surface area contributed by atoms with Gasteiger partial charge in [0.1, 0.15) is 5.15 Å². The fourth-order valence-corrected chi connectivity index (χ4v) is 2.46. The van der Waals surface area contributed by atoms with Crippen LogP contribution in [0.1, 0.15) is 58.9 Å². The maximum absolute atomic E-state index is 12.5. The molecule has 102 valence electrons. The van der Waals surface area contributed by atoms with Gasteiger partial charge in [0, 0.05) is 5.54 Å². The van der Waals surface area contributed by atoms with Gasteiger partial charge in [-0.15, -0.1) is 0 Å². The predicted octanol–water partition coefficient (Wildman–Crippen LogP) is 2.85. The van der Waals surface area contributed by atoms with Crippen LogP contribution in [0, 0.1) is 0 Å². The van der Waals surface area contributed by atoms with Gasteiger partial charge in [-0.1, -0.05) is 39.3 Å². The molecule has 0 aliphatic carbocycles. The van der Waals surface area contributed by atoms with Gasteiger partial charge in [0.2, 0.25) is 0 Å². The summed E-state index contributed by atoms with van der Waals surface area (Å²) in [5, 5.41) is 0.158. The minimum Gasteiger partial charge on any atom is -0.297 e. The molecule has 0 aliphatic heterocycles. The van der Waals surface area contributed by atoms with E-state index >= 15 is 0 Å². The summed E-state index contributed by atoms with van der Waals surface area (Å²) in [6.07, 6.45) is 1.43. The number of nitrogens with one attached hydrogen (secondary N) is 1. The SMILES string of the molecule is CCC(C)(CC)n1c(=O)[nH]c(Cl)c(C(C)C)c1=O. The molecule has 1 aromatic rings. The molecular formula is C13H21ClN2O2. The molecule has 0 fully saturated rings. The zero-order chi connectivity index (χ0) is 14.1. The van der Waals surface area contributed by atoms with Crippen LogP contribution in [0.5, 0.6) is 0 Å². The minimum atomic E-state index is -0.473. The van der Waals surface area contributed by atoms with Crippen LogP contribution >= 0.6 is 11.6 Å². The number of halogens is 1. The molecule has 1 rings (SSSR count). The molecule has 0 bridgehead atoms. The first kappa shape index (κ1) is 15.0. The molecule has 0 unspecified atom stereocenters. The molecule has 1 heterocycles. The number of nitrogens with zero attached hydrogens (tertiary/aromatic N) is 1. The second-order valence-corrected chi connectivity index (χ2v) is 5.54. The van der Waals surface area contributed by atoms with E-state index in [-0.39, 0.29) is 16.6 Å². The molecule has 1 N–H and O–H groups in total. The smallest absolute Gasteiger partial charge is 0.297 e. The summed E-state index contributed by atoms with van der Waals surface area (Å²) in [5.41, 5.74) is -0.700. The summed E-state index contributed by atoms with van der Waals surface area (Å²) in [6.45, 7) is 9.64. The summed E-state index contributed by atoms with van der Waals surface area (Å²) in [4.78, 5) is 27.1. The quantitative estimate of drug-likeness (QED) is 0.857. The standard InChI is InChI=1S/C13H21ClN2O2/c1-6-13(5,7-2)16-11(17)9(8(3)4)10(14)15-12(16)18/h8H,6-7H2,1-5H3,(H,15,18). The third-order valence-electron chi connectivity index (χ3n) is 3.73. The van der Waals surface area contributed by atoms with Crippen LogP contribution in [0.2, 0.25) is 5.15 Å². The van der Waals surface area contributed by atoms with E-state index in [1.165, 1.54) is 4.57 Å². The predicted molar refractivity (Wildman–Crippen MR) is 74.7 cm³/mol. The maximum atomic E-state index is 12.5. The Kier molecular flexibility index (Phi) is 4.43. The van der Waals surface area contributed by atoms with Crippen molar-refractivity contribution < 1.29 is 0 Å². The van der Waals surface area contributed by atoms with Crippen molar-refractivity contribution in [1.82, 2.24) is 9.55 Å². The minimum absolute atomic E-state index is 0.0222. The number of aromatic amines is 1. The van der Waals surface area contributed by atoms with Gasteiger partial charge in [0.05, 0.1) is 5.56 Å². The van der Waals surface area contributed by atoms with Gasteiger partial charge in [-0.2, -0.15) is 0 Å². The highest BCUT2D eigenvalue weighted by molar-refractivity contribution is 6.30. The van der Waals surface area contributed by atoms with Gasteiger partial charge in [-0.05, 0) is 25.7 Å². The van der Waals surface area contributed by atoms with Crippen molar-refractivity contribution in [2.45, 2.75) is 58.9 Å².